The second-order valence-electron chi connectivity index (χ2n) is 6.56. The molecule has 0 radical (unpaired) electrons. The minimum Gasteiger partial charge on any atom is -0.329 e. The fraction of sp³-hybridized carbons (Fsp3) is 0.625. The number of hydrogen-bond donors (Lipinski definition) is 2. The first-order valence-corrected chi connectivity index (χ1v) is 7.13. The second kappa shape index (κ2) is 5.59. The molecule has 0 heterocycles. The molecular weight excluding hydrogens is 239 g/mol. The lowest BCUT2D eigenvalue weighted by atomic mass is 9.91. The van der Waals surface area contributed by atoms with Crippen molar-refractivity contribution in [3.63, 3.8) is 0 Å². The highest BCUT2D eigenvalue weighted by Gasteiger charge is 2.32. The Morgan fingerprint density at radius 1 is 1.47 bits per heavy atom. The Kier molecular flexibility index (Phi) is 4.26. The van der Waals surface area contributed by atoms with Crippen LogP contribution in [0.4, 0.5) is 4.39 Å². The van der Waals surface area contributed by atoms with Crippen LogP contribution >= 0.6 is 0 Å². The van der Waals surface area contributed by atoms with Crippen LogP contribution in [-0.2, 0) is 0 Å². The van der Waals surface area contributed by atoms with E-state index in [0.29, 0.717) is 18.0 Å². The topological polar surface area (TPSA) is 38.0 Å². The first kappa shape index (κ1) is 14.5. The molecule has 1 aromatic carbocycles. The highest BCUT2D eigenvalue weighted by Crippen LogP contribution is 2.37. The molecule has 19 heavy (non-hydrogen) atoms. The Morgan fingerprint density at radius 2 is 2.21 bits per heavy atom. The van der Waals surface area contributed by atoms with Gasteiger partial charge < -0.3 is 11.1 Å². The van der Waals surface area contributed by atoms with Crippen LogP contribution in [0.2, 0.25) is 0 Å². The molecule has 3 N–H and O–H groups in total. The molecule has 1 saturated carbocycles. The molecular formula is C16H25FN2. The Labute approximate surface area is 115 Å². The van der Waals surface area contributed by atoms with Crippen LogP contribution in [0.15, 0.2) is 18.2 Å². The molecule has 2 nitrogen and oxygen atoms in total. The third kappa shape index (κ3) is 3.54. The zero-order valence-corrected chi connectivity index (χ0v) is 12.2. The number of rotatable bonds is 4. The summed E-state index contributed by atoms with van der Waals surface area (Å²) in [5.74, 6) is -0.181. The molecule has 0 saturated heterocycles. The lowest BCUT2D eigenvalue weighted by molar-refractivity contribution is 0.353. The normalized spacial score (nSPS) is 23.5. The summed E-state index contributed by atoms with van der Waals surface area (Å²) >= 11 is 0. The molecule has 0 amide bonds. The molecule has 1 aromatic rings. The molecule has 1 aliphatic rings. The fourth-order valence-corrected chi connectivity index (χ4v) is 3.18. The van der Waals surface area contributed by atoms with Gasteiger partial charge in [-0.05, 0) is 54.9 Å². The van der Waals surface area contributed by atoms with Crippen LogP contribution in [0, 0.1) is 18.2 Å². The summed E-state index contributed by atoms with van der Waals surface area (Å²) < 4.78 is 13.2. The predicted octanol–water partition coefficient (Wildman–Crippen LogP) is 3.30. The van der Waals surface area contributed by atoms with Gasteiger partial charge in [0, 0.05) is 18.6 Å². The van der Waals surface area contributed by atoms with Crippen molar-refractivity contribution in [1.29, 1.82) is 0 Å². The zero-order chi connectivity index (χ0) is 14.0. The predicted molar refractivity (Wildman–Crippen MR) is 77.5 cm³/mol. The SMILES string of the molecule is Cc1cc(F)ccc1C(CN)NC1CCC(C)(C)C1. The molecule has 0 bridgehead atoms. The van der Waals surface area contributed by atoms with Gasteiger partial charge in [-0.15, -0.1) is 0 Å². The Hall–Kier alpha value is -0.930. The van der Waals surface area contributed by atoms with Gasteiger partial charge in [-0.1, -0.05) is 19.9 Å². The van der Waals surface area contributed by atoms with Crippen LogP contribution in [0.25, 0.3) is 0 Å². The van der Waals surface area contributed by atoms with Crippen LogP contribution < -0.4 is 11.1 Å². The molecule has 0 aromatic heterocycles. The van der Waals surface area contributed by atoms with Gasteiger partial charge in [-0.2, -0.15) is 0 Å². The van der Waals surface area contributed by atoms with E-state index in [1.54, 1.807) is 6.07 Å². The largest absolute Gasteiger partial charge is 0.329 e. The van der Waals surface area contributed by atoms with Crippen molar-refractivity contribution in [2.24, 2.45) is 11.1 Å². The third-order valence-corrected chi connectivity index (χ3v) is 4.25. The maximum absolute atomic E-state index is 13.2. The minimum atomic E-state index is -0.181. The summed E-state index contributed by atoms with van der Waals surface area (Å²) in [6, 6.07) is 5.60. The molecule has 1 aliphatic carbocycles. The first-order chi connectivity index (χ1) is 8.91. The lowest BCUT2D eigenvalue weighted by Gasteiger charge is -2.25. The van der Waals surface area contributed by atoms with E-state index in [0.717, 1.165) is 11.1 Å². The van der Waals surface area contributed by atoms with E-state index >= 15 is 0 Å². The fourth-order valence-electron chi connectivity index (χ4n) is 3.18. The van der Waals surface area contributed by atoms with Gasteiger partial charge in [0.05, 0.1) is 0 Å². The summed E-state index contributed by atoms with van der Waals surface area (Å²) in [5, 5.41) is 3.65. The molecule has 2 rings (SSSR count). The van der Waals surface area contributed by atoms with E-state index < -0.39 is 0 Å². The van der Waals surface area contributed by atoms with Crippen molar-refractivity contribution in [2.45, 2.75) is 52.1 Å². The van der Waals surface area contributed by atoms with E-state index in [-0.39, 0.29) is 11.9 Å². The Morgan fingerprint density at radius 3 is 2.74 bits per heavy atom. The van der Waals surface area contributed by atoms with E-state index in [2.05, 4.69) is 19.2 Å². The Balaban J connectivity index is 2.08. The molecule has 0 spiro atoms. The van der Waals surface area contributed by atoms with Crippen molar-refractivity contribution in [1.82, 2.24) is 5.32 Å². The van der Waals surface area contributed by atoms with Gasteiger partial charge in [0.25, 0.3) is 0 Å². The third-order valence-electron chi connectivity index (χ3n) is 4.25. The van der Waals surface area contributed by atoms with Gasteiger partial charge in [0.1, 0.15) is 5.82 Å². The summed E-state index contributed by atoms with van der Waals surface area (Å²) in [7, 11) is 0. The summed E-state index contributed by atoms with van der Waals surface area (Å²) in [5.41, 5.74) is 8.42. The standard InChI is InChI=1S/C16H25FN2/c1-11-8-12(17)4-5-14(11)15(10-18)19-13-6-7-16(2,3)9-13/h4-5,8,13,15,19H,6-7,9-10,18H2,1-3H3. The van der Waals surface area contributed by atoms with Crippen molar-refractivity contribution < 1.29 is 4.39 Å². The molecule has 2 unspecified atom stereocenters. The lowest BCUT2D eigenvalue weighted by Crippen LogP contribution is -2.36. The van der Waals surface area contributed by atoms with Crippen molar-refractivity contribution in [3.05, 3.63) is 35.1 Å². The van der Waals surface area contributed by atoms with Gasteiger partial charge in [-0.25, -0.2) is 4.39 Å². The van der Waals surface area contributed by atoms with Crippen LogP contribution in [0.5, 0.6) is 0 Å². The maximum atomic E-state index is 13.2. The molecule has 2 atom stereocenters. The van der Waals surface area contributed by atoms with Gasteiger partial charge in [0.2, 0.25) is 0 Å². The van der Waals surface area contributed by atoms with Gasteiger partial charge in [-0.3, -0.25) is 0 Å². The Bertz CT molecular complexity index is 442. The van der Waals surface area contributed by atoms with E-state index in [1.165, 1.54) is 25.3 Å². The summed E-state index contributed by atoms with van der Waals surface area (Å²) in [4.78, 5) is 0. The first-order valence-electron chi connectivity index (χ1n) is 7.13. The van der Waals surface area contributed by atoms with E-state index in [4.69, 9.17) is 5.73 Å². The number of nitrogens with two attached hydrogens (primary N) is 1. The minimum absolute atomic E-state index is 0.125. The smallest absolute Gasteiger partial charge is 0.123 e. The monoisotopic (exact) mass is 264 g/mol. The second-order valence-corrected chi connectivity index (χ2v) is 6.56. The average molecular weight is 264 g/mol. The quantitative estimate of drug-likeness (QED) is 0.875. The molecule has 3 heteroatoms. The van der Waals surface area contributed by atoms with Crippen LogP contribution in [0.3, 0.4) is 0 Å². The molecule has 1 fully saturated rings. The summed E-state index contributed by atoms with van der Waals surface area (Å²) in [6.07, 6.45) is 3.64. The molecule has 106 valence electrons. The van der Waals surface area contributed by atoms with Crippen molar-refractivity contribution in [2.75, 3.05) is 6.54 Å². The van der Waals surface area contributed by atoms with Crippen LogP contribution in [0.1, 0.15) is 50.3 Å². The zero-order valence-electron chi connectivity index (χ0n) is 12.2. The number of hydrogen-bond acceptors (Lipinski definition) is 2. The summed E-state index contributed by atoms with van der Waals surface area (Å²) in [6.45, 7) is 7.12. The number of benzene rings is 1. The van der Waals surface area contributed by atoms with Crippen molar-refractivity contribution >= 4 is 0 Å². The molecule has 0 aliphatic heterocycles. The number of aryl methyl sites for hydroxylation is 1. The number of halogens is 1. The highest BCUT2D eigenvalue weighted by molar-refractivity contribution is 5.30. The van der Waals surface area contributed by atoms with E-state index in [1.807, 2.05) is 13.0 Å². The maximum Gasteiger partial charge on any atom is 0.123 e. The average Bonchev–Trinajstić information content (AvgIpc) is 2.66. The highest BCUT2D eigenvalue weighted by atomic mass is 19.1. The van der Waals surface area contributed by atoms with Crippen molar-refractivity contribution in [3.8, 4) is 0 Å². The van der Waals surface area contributed by atoms with E-state index in [9.17, 15) is 4.39 Å². The van der Waals surface area contributed by atoms with Gasteiger partial charge in [0.15, 0.2) is 0 Å². The number of nitrogens with one attached hydrogen (secondary N) is 1. The van der Waals surface area contributed by atoms with Gasteiger partial charge >= 0.3 is 0 Å². The van der Waals surface area contributed by atoms with Crippen LogP contribution in [-0.4, -0.2) is 12.6 Å².